The van der Waals surface area contributed by atoms with Crippen molar-refractivity contribution < 1.29 is 4.42 Å². The lowest BCUT2D eigenvalue weighted by Crippen LogP contribution is -1.95. The van der Waals surface area contributed by atoms with E-state index in [2.05, 4.69) is 38.7 Å². The molecule has 0 bridgehead atoms. The topological polar surface area (TPSA) is 26.0 Å². The standard InChI is InChI=1S/C14H19NO/c1-8(2)12-13-11(6-10(5)7-15-13)16-14(12)9(3)4/h6-9H,1-5H3. The van der Waals surface area contributed by atoms with E-state index >= 15 is 0 Å². The van der Waals surface area contributed by atoms with Crippen LogP contribution in [0.5, 0.6) is 0 Å². The monoisotopic (exact) mass is 217 g/mol. The SMILES string of the molecule is Cc1cnc2c(C(C)C)c(C(C)C)oc2c1. The number of aryl methyl sites for hydroxylation is 1. The lowest BCUT2D eigenvalue weighted by molar-refractivity contribution is 0.511. The van der Waals surface area contributed by atoms with Gasteiger partial charge >= 0.3 is 0 Å². The molecule has 0 aromatic carbocycles. The summed E-state index contributed by atoms with van der Waals surface area (Å²) < 4.78 is 5.94. The van der Waals surface area contributed by atoms with Crippen LogP contribution in [0.4, 0.5) is 0 Å². The van der Waals surface area contributed by atoms with Crippen LogP contribution in [0, 0.1) is 6.92 Å². The molecule has 0 N–H and O–H groups in total. The zero-order valence-electron chi connectivity index (χ0n) is 10.7. The number of furan rings is 1. The van der Waals surface area contributed by atoms with Gasteiger partial charge in [0.2, 0.25) is 0 Å². The molecule has 0 atom stereocenters. The van der Waals surface area contributed by atoms with E-state index in [0.717, 1.165) is 22.4 Å². The molecule has 0 aliphatic heterocycles. The molecule has 2 heteroatoms. The van der Waals surface area contributed by atoms with Gasteiger partial charge in [-0.2, -0.15) is 0 Å². The smallest absolute Gasteiger partial charge is 0.153 e. The Morgan fingerprint density at radius 1 is 1.12 bits per heavy atom. The average molecular weight is 217 g/mol. The molecule has 2 aromatic rings. The lowest BCUT2D eigenvalue weighted by Gasteiger charge is -2.07. The maximum absolute atomic E-state index is 5.94. The van der Waals surface area contributed by atoms with Gasteiger partial charge in [0.05, 0.1) is 0 Å². The van der Waals surface area contributed by atoms with Crippen LogP contribution < -0.4 is 0 Å². The van der Waals surface area contributed by atoms with Gasteiger partial charge in [-0.1, -0.05) is 27.7 Å². The summed E-state index contributed by atoms with van der Waals surface area (Å²) >= 11 is 0. The van der Waals surface area contributed by atoms with Crippen LogP contribution in [0.2, 0.25) is 0 Å². The fourth-order valence-corrected chi connectivity index (χ4v) is 2.10. The minimum atomic E-state index is 0.409. The summed E-state index contributed by atoms with van der Waals surface area (Å²) in [5.41, 5.74) is 4.37. The lowest BCUT2D eigenvalue weighted by atomic mass is 9.97. The van der Waals surface area contributed by atoms with Crippen molar-refractivity contribution in [3.63, 3.8) is 0 Å². The zero-order valence-corrected chi connectivity index (χ0v) is 10.7. The first kappa shape index (κ1) is 11.2. The van der Waals surface area contributed by atoms with Gasteiger partial charge in [-0.15, -0.1) is 0 Å². The molecule has 0 spiro atoms. The van der Waals surface area contributed by atoms with Crippen molar-refractivity contribution in [2.45, 2.75) is 46.5 Å². The normalized spacial score (nSPS) is 11.9. The molecule has 0 saturated carbocycles. The quantitative estimate of drug-likeness (QED) is 0.746. The predicted octanol–water partition coefficient (Wildman–Crippen LogP) is 4.38. The Morgan fingerprint density at radius 2 is 1.81 bits per heavy atom. The molecule has 0 fully saturated rings. The Morgan fingerprint density at radius 3 is 2.38 bits per heavy atom. The summed E-state index contributed by atoms with van der Waals surface area (Å²) in [6.45, 7) is 10.8. The van der Waals surface area contributed by atoms with Crippen LogP contribution in [0.1, 0.15) is 56.4 Å². The highest BCUT2D eigenvalue weighted by Gasteiger charge is 2.20. The van der Waals surface area contributed by atoms with Gasteiger partial charge in [-0.3, -0.25) is 4.98 Å². The number of fused-ring (bicyclic) bond motifs is 1. The highest BCUT2D eigenvalue weighted by molar-refractivity contribution is 5.79. The van der Waals surface area contributed by atoms with E-state index in [1.54, 1.807) is 0 Å². The van der Waals surface area contributed by atoms with Crippen molar-refractivity contribution in [2.75, 3.05) is 0 Å². The van der Waals surface area contributed by atoms with E-state index < -0.39 is 0 Å². The number of pyridine rings is 1. The first-order valence-corrected chi connectivity index (χ1v) is 5.89. The summed E-state index contributed by atoms with van der Waals surface area (Å²) in [7, 11) is 0. The Labute approximate surface area is 96.7 Å². The number of aromatic nitrogens is 1. The molecule has 2 aromatic heterocycles. The maximum atomic E-state index is 5.94. The third-order valence-corrected chi connectivity index (χ3v) is 2.83. The van der Waals surface area contributed by atoms with E-state index in [-0.39, 0.29) is 0 Å². The van der Waals surface area contributed by atoms with E-state index in [1.165, 1.54) is 5.56 Å². The molecule has 2 heterocycles. The van der Waals surface area contributed by atoms with Gasteiger partial charge in [-0.25, -0.2) is 0 Å². The number of hydrogen-bond donors (Lipinski definition) is 0. The number of nitrogens with zero attached hydrogens (tertiary/aromatic N) is 1. The van der Waals surface area contributed by atoms with Gasteiger partial charge in [-0.05, 0) is 24.5 Å². The third kappa shape index (κ3) is 1.73. The summed E-state index contributed by atoms with van der Waals surface area (Å²) in [6.07, 6.45) is 1.91. The minimum Gasteiger partial charge on any atom is -0.459 e. The summed E-state index contributed by atoms with van der Waals surface area (Å²) in [5.74, 6) is 1.95. The van der Waals surface area contributed by atoms with Crippen molar-refractivity contribution in [1.82, 2.24) is 4.98 Å². The molecular formula is C14H19NO. The second-order valence-electron chi connectivity index (χ2n) is 5.05. The molecule has 0 aliphatic carbocycles. The molecule has 16 heavy (non-hydrogen) atoms. The average Bonchev–Trinajstić information content (AvgIpc) is 2.55. The molecule has 0 saturated heterocycles. The molecule has 86 valence electrons. The molecule has 2 nitrogen and oxygen atoms in total. The molecule has 0 unspecified atom stereocenters. The van der Waals surface area contributed by atoms with Gasteiger partial charge in [0.15, 0.2) is 5.58 Å². The van der Waals surface area contributed by atoms with Crippen LogP contribution >= 0.6 is 0 Å². The Bertz CT molecular complexity index is 509. The van der Waals surface area contributed by atoms with E-state index in [1.807, 2.05) is 13.1 Å². The van der Waals surface area contributed by atoms with E-state index in [0.29, 0.717) is 11.8 Å². The predicted molar refractivity (Wildman–Crippen MR) is 66.9 cm³/mol. The molecule has 2 rings (SSSR count). The van der Waals surface area contributed by atoms with Crippen LogP contribution in [-0.4, -0.2) is 4.98 Å². The van der Waals surface area contributed by atoms with Gasteiger partial charge in [0.1, 0.15) is 11.3 Å². The third-order valence-electron chi connectivity index (χ3n) is 2.83. The largest absolute Gasteiger partial charge is 0.459 e. The molecule has 0 amide bonds. The Balaban J connectivity index is 2.75. The zero-order chi connectivity index (χ0) is 11.9. The number of rotatable bonds is 2. The van der Waals surface area contributed by atoms with E-state index in [4.69, 9.17) is 4.42 Å². The Hall–Kier alpha value is -1.31. The molecule has 0 aliphatic rings. The summed E-state index contributed by atoms with van der Waals surface area (Å²) in [6, 6.07) is 2.07. The van der Waals surface area contributed by atoms with Crippen molar-refractivity contribution in [3.8, 4) is 0 Å². The van der Waals surface area contributed by atoms with Crippen LogP contribution in [0.3, 0.4) is 0 Å². The fraction of sp³-hybridized carbons (Fsp3) is 0.500. The van der Waals surface area contributed by atoms with Crippen molar-refractivity contribution in [1.29, 1.82) is 0 Å². The van der Waals surface area contributed by atoms with Crippen LogP contribution in [0.25, 0.3) is 11.1 Å². The van der Waals surface area contributed by atoms with Crippen LogP contribution in [0.15, 0.2) is 16.7 Å². The maximum Gasteiger partial charge on any atom is 0.153 e. The first-order chi connectivity index (χ1) is 7.50. The Kier molecular flexibility index (Phi) is 2.75. The van der Waals surface area contributed by atoms with Gasteiger partial charge < -0.3 is 4.42 Å². The highest BCUT2D eigenvalue weighted by Crippen LogP contribution is 2.34. The van der Waals surface area contributed by atoms with Crippen molar-refractivity contribution in [3.05, 3.63) is 29.2 Å². The number of hydrogen-bond acceptors (Lipinski definition) is 2. The first-order valence-electron chi connectivity index (χ1n) is 5.89. The summed E-state index contributed by atoms with van der Waals surface area (Å²) in [5, 5.41) is 0. The van der Waals surface area contributed by atoms with Crippen LogP contribution in [-0.2, 0) is 0 Å². The minimum absolute atomic E-state index is 0.409. The molecule has 0 radical (unpaired) electrons. The van der Waals surface area contributed by atoms with Crippen molar-refractivity contribution in [2.24, 2.45) is 0 Å². The fourth-order valence-electron chi connectivity index (χ4n) is 2.10. The summed E-state index contributed by atoms with van der Waals surface area (Å²) in [4.78, 5) is 4.51. The highest BCUT2D eigenvalue weighted by atomic mass is 16.3. The van der Waals surface area contributed by atoms with Crippen molar-refractivity contribution >= 4 is 11.1 Å². The molecular weight excluding hydrogens is 198 g/mol. The van der Waals surface area contributed by atoms with Gasteiger partial charge in [0, 0.05) is 17.7 Å². The second-order valence-corrected chi connectivity index (χ2v) is 5.05. The van der Waals surface area contributed by atoms with E-state index in [9.17, 15) is 0 Å². The van der Waals surface area contributed by atoms with Gasteiger partial charge in [0.25, 0.3) is 0 Å². The second kappa shape index (κ2) is 3.93.